The summed E-state index contributed by atoms with van der Waals surface area (Å²) in [4.78, 5) is 2.39. The van der Waals surface area contributed by atoms with Crippen LogP contribution < -0.4 is 5.43 Å². The third-order valence-electron chi connectivity index (χ3n) is 3.86. The van der Waals surface area contributed by atoms with E-state index in [4.69, 9.17) is 0 Å². The Balaban J connectivity index is 1.76. The van der Waals surface area contributed by atoms with Gasteiger partial charge in [0.2, 0.25) is 0 Å². The Kier molecular flexibility index (Phi) is 2.82. The molecule has 0 spiro atoms. The van der Waals surface area contributed by atoms with Crippen LogP contribution in [0.5, 0.6) is 0 Å². The maximum Gasteiger partial charge on any atom is 0.0266 e. The second-order valence-corrected chi connectivity index (χ2v) is 5.50. The van der Waals surface area contributed by atoms with Crippen LogP contribution in [0.25, 0.3) is 0 Å². The maximum absolute atomic E-state index is 3.67. The van der Waals surface area contributed by atoms with Gasteiger partial charge in [0.15, 0.2) is 0 Å². The lowest BCUT2D eigenvalue weighted by molar-refractivity contribution is 0.00701. The van der Waals surface area contributed by atoms with Gasteiger partial charge in [-0.2, -0.15) is 0 Å². The first kappa shape index (κ1) is 10.4. The first-order valence-electron chi connectivity index (χ1n) is 5.77. The summed E-state index contributed by atoms with van der Waals surface area (Å²) in [6, 6.07) is 0.714. The van der Waals surface area contributed by atoms with Gasteiger partial charge in [-0.1, -0.05) is 13.8 Å². The molecule has 2 aliphatic rings. The molecule has 0 aromatic heterocycles. The van der Waals surface area contributed by atoms with E-state index in [2.05, 4.69) is 36.2 Å². The van der Waals surface area contributed by atoms with E-state index in [1.165, 1.54) is 39.0 Å². The van der Waals surface area contributed by atoms with E-state index in [9.17, 15) is 0 Å². The molecular weight excluding hydrogens is 174 g/mol. The van der Waals surface area contributed by atoms with Crippen LogP contribution in [0.2, 0.25) is 0 Å². The Morgan fingerprint density at radius 1 is 1.14 bits per heavy atom. The zero-order valence-corrected chi connectivity index (χ0v) is 9.71. The molecule has 1 aliphatic heterocycles. The number of hydrazine groups is 1. The Morgan fingerprint density at radius 3 is 2.21 bits per heavy atom. The zero-order valence-electron chi connectivity index (χ0n) is 9.71. The predicted octanol–water partition coefficient (Wildman–Crippen LogP) is 0.927. The van der Waals surface area contributed by atoms with E-state index >= 15 is 0 Å². The van der Waals surface area contributed by atoms with Gasteiger partial charge in [0.25, 0.3) is 0 Å². The van der Waals surface area contributed by atoms with Crippen molar-refractivity contribution in [2.75, 3.05) is 33.2 Å². The summed E-state index contributed by atoms with van der Waals surface area (Å²) >= 11 is 0. The van der Waals surface area contributed by atoms with Gasteiger partial charge in [0.05, 0.1) is 0 Å². The zero-order chi connectivity index (χ0) is 10.2. The molecule has 0 aromatic carbocycles. The molecule has 2 fully saturated rings. The summed E-state index contributed by atoms with van der Waals surface area (Å²) in [5, 5.41) is 2.41. The summed E-state index contributed by atoms with van der Waals surface area (Å²) in [7, 11) is 2.20. The van der Waals surface area contributed by atoms with Crippen LogP contribution in [0.1, 0.15) is 26.7 Å². The number of piperazine rings is 1. The first-order chi connectivity index (χ1) is 6.58. The summed E-state index contributed by atoms with van der Waals surface area (Å²) in [5.41, 5.74) is 4.19. The average molecular weight is 197 g/mol. The smallest absolute Gasteiger partial charge is 0.0266 e. The highest BCUT2D eigenvalue weighted by Crippen LogP contribution is 2.40. The molecule has 1 atom stereocenters. The second-order valence-electron chi connectivity index (χ2n) is 5.50. The Hall–Kier alpha value is -0.120. The molecule has 0 bridgehead atoms. The van der Waals surface area contributed by atoms with Gasteiger partial charge in [-0.25, -0.2) is 5.01 Å². The summed E-state index contributed by atoms with van der Waals surface area (Å²) < 4.78 is 0. The van der Waals surface area contributed by atoms with E-state index in [1.54, 1.807) is 0 Å². The van der Waals surface area contributed by atoms with Crippen LogP contribution in [0.3, 0.4) is 0 Å². The highest BCUT2D eigenvalue weighted by atomic mass is 15.5. The van der Waals surface area contributed by atoms with Crippen LogP contribution in [0, 0.1) is 5.41 Å². The van der Waals surface area contributed by atoms with Crippen molar-refractivity contribution in [2.45, 2.75) is 32.7 Å². The summed E-state index contributed by atoms with van der Waals surface area (Å²) in [5.74, 6) is 0. The molecule has 1 saturated heterocycles. The molecule has 0 amide bonds. The number of rotatable bonds is 2. The molecule has 1 unspecified atom stereocenters. The van der Waals surface area contributed by atoms with Crippen molar-refractivity contribution in [3.63, 3.8) is 0 Å². The Morgan fingerprint density at radius 2 is 1.79 bits per heavy atom. The average Bonchev–Trinajstić information content (AvgIpc) is 2.15. The van der Waals surface area contributed by atoms with Crippen LogP contribution >= 0.6 is 0 Å². The van der Waals surface area contributed by atoms with E-state index in [1.807, 2.05) is 0 Å². The Bertz CT molecular complexity index is 195. The predicted molar refractivity (Wildman–Crippen MR) is 59.0 cm³/mol. The maximum atomic E-state index is 3.67. The summed E-state index contributed by atoms with van der Waals surface area (Å²) in [6.07, 6.45) is 2.72. The number of nitrogens with one attached hydrogen (secondary N) is 1. The Labute approximate surface area is 87.4 Å². The molecule has 14 heavy (non-hydrogen) atoms. The number of likely N-dealkylation sites (N-methyl/N-ethyl adjacent to an activating group) is 1. The van der Waals surface area contributed by atoms with Gasteiger partial charge in [-0.05, 0) is 25.3 Å². The van der Waals surface area contributed by atoms with Crippen molar-refractivity contribution >= 4 is 0 Å². The van der Waals surface area contributed by atoms with Crippen molar-refractivity contribution in [1.29, 1.82) is 0 Å². The van der Waals surface area contributed by atoms with Gasteiger partial charge < -0.3 is 4.90 Å². The van der Waals surface area contributed by atoms with E-state index in [0.29, 0.717) is 11.5 Å². The molecule has 1 N–H and O–H groups in total. The van der Waals surface area contributed by atoms with Crippen LogP contribution in [0.4, 0.5) is 0 Å². The van der Waals surface area contributed by atoms with Crippen molar-refractivity contribution in [2.24, 2.45) is 5.41 Å². The fourth-order valence-corrected chi connectivity index (χ4v) is 2.26. The lowest BCUT2D eigenvalue weighted by atomic mass is 9.68. The minimum atomic E-state index is 0.517. The van der Waals surface area contributed by atoms with Crippen molar-refractivity contribution in [3.8, 4) is 0 Å². The molecular formula is C11H23N3. The largest absolute Gasteiger partial charge is 0.304 e. The molecule has 1 aliphatic carbocycles. The number of hydrogen-bond donors (Lipinski definition) is 1. The molecule has 1 heterocycles. The SMILES string of the molecule is CN1CCN(NC2CCC2(C)C)CC1. The van der Waals surface area contributed by atoms with Crippen molar-refractivity contribution < 1.29 is 0 Å². The van der Waals surface area contributed by atoms with Crippen molar-refractivity contribution in [3.05, 3.63) is 0 Å². The third-order valence-corrected chi connectivity index (χ3v) is 3.86. The minimum Gasteiger partial charge on any atom is -0.304 e. The molecule has 3 heteroatoms. The second kappa shape index (κ2) is 3.80. The third kappa shape index (κ3) is 2.10. The monoisotopic (exact) mass is 197 g/mol. The normalized spacial score (nSPS) is 34.1. The molecule has 2 rings (SSSR count). The van der Waals surface area contributed by atoms with Gasteiger partial charge in [-0.3, -0.25) is 5.43 Å². The highest BCUT2D eigenvalue weighted by Gasteiger charge is 2.39. The quantitative estimate of drug-likeness (QED) is 0.710. The van der Waals surface area contributed by atoms with E-state index in [0.717, 1.165) is 0 Å². The lowest BCUT2D eigenvalue weighted by Gasteiger charge is -2.48. The van der Waals surface area contributed by atoms with Gasteiger partial charge in [0.1, 0.15) is 0 Å². The molecule has 0 radical (unpaired) electrons. The van der Waals surface area contributed by atoms with Crippen molar-refractivity contribution in [1.82, 2.24) is 15.3 Å². The summed E-state index contributed by atoms with van der Waals surface area (Å²) in [6.45, 7) is 9.46. The van der Waals surface area contributed by atoms with E-state index < -0.39 is 0 Å². The molecule has 1 saturated carbocycles. The fraction of sp³-hybridized carbons (Fsp3) is 1.00. The lowest BCUT2D eigenvalue weighted by Crippen LogP contribution is -2.60. The minimum absolute atomic E-state index is 0.517. The molecule has 3 nitrogen and oxygen atoms in total. The van der Waals surface area contributed by atoms with Gasteiger partial charge in [0, 0.05) is 32.2 Å². The number of nitrogens with zero attached hydrogens (tertiary/aromatic N) is 2. The molecule has 0 aromatic rings. The number of hydrogen-bond acceptors (Lipinski definition) is 3. The highest BCUT2D eigenvalue weighted by molar-refractivity contribution is 4.93. The molecule has 82 valence electrons. The van der Waals surface area contributed by atoms with Crippen LogP contribution in [-0.4, -0.2) is 49.2 Å². The standard InChI is InChI=1S/C11H23N3/c1-11(2)5-4-10(11)12-14-8-6-13(3)7-9-14/h10,12H,4-9H2,1-3H3. The topological polar surface area (TPSA) is 18.5 Å². The van der Waals surface area contributed by atoms with Gasteiger partial charge >= 0.3 is 0 Å². The first-order valence-corrected chi connectivity index (χ1v) is 5.77. The van der Waals surface area contributed by atoms with Crippen LogP contribution in [0.15, 0.2) is 0 Å². The van der Waals surface area contributed by atoms with Crippen LogP contribution in [-0.2, 0) is 0 Å². The van der Waals surface area contributed by atoms with E-state index in [-0.39, 0.29) is 0 Å². The van der Waals surface area contributed by atoms with Gasteiger partial charge in [-0.15, -0.1) is 0 Å². The fourth-order valence-electron chi connectivity index (χ4n) is 2.26.